The second-order valence-electron chi connectivity index (χ2n) is 10.8. The SMILES string of the molecule is COc1ccc2cc1OCC(=O)NCc1ccc(cc1)O[C@H]1CN(C(=O)c3ccc4c(c3)OCC(=O)N4)C[C@@H]1NC(=O)CC2. The van der Waals surface area contributed by atoms with Crippen LogP contribution in [0.15, 0.2) is 60.7 Å². The summed E-state index contributed by atoms with van der Waals surface area (Å²) in [5.41, 5.74) is 2.61. The van der Waals surface area contributed by atoms with Crippen molar-refractivity contribution < 1.29 is 38.1 Å². The second kappa shape index (κ2) is 12.5. The zero-order valence-electron chi connectivity index (χ0n) is 24.1. The number of nitrogens with one attached hydrogen (secondary N) is 3. The zero-order chi connectivity index (χ0) is 30.6. The Morgan fingerprint density at radius 3 is 2.43 bits per heavy atom. The summed E-state index contributed by atoms with van der Waals surface area (Å²) in [7, 11) is 1.52. The van der Waals surface area contributed by atoms with E-state index in [-0.39, 0.29) is 56.4 Å². The lowest BCUT2D eigenvalue weighted by molar-refractivity contribution is -0.123. The third-order valence-corrected chi connectivity index (χ3v) is 7.69. The molecule has 0 unspecified atom stereocenters. The van der Waals surface area contributed by atoms with Crippen molar-refractivity contribution in [2.24, 2.45) is 0 Å². The van der Waals surface area contributed by atoms with Gasteiger partial charge in [-0.05, 0) is 60.0 Å². The number of carbonyl (C=O) groups excluding carboxylic acids is 4. The molecule has 1 fully saturated rings. The van der Waals surface area contributed by atoms with Gasteiger partial charge in [0, 0.05) is 25.1 Å². The van der Waals surface area contributed by atoms with Crippen molar-refractivity contribution in [1.82, 2.24) is 15.5 Å². The van der Waals surface area contributed by atoms with E-state index in [4.69, 9.17) is 18.9 Å². The first kappa shape index (κ1) is 28.8. The summed E-state index contributed by atoms with van der Waals surface area (Å²) in [4.78, 5) is 52.4. The van der Waals surface area contributed by atoms with Gasteiger partial charge in [0.15, 0.2) is 24.7 Å². The maximum Gasteiger partial charge on any atom is 0.262 e. The molecule has 12 nitrogen and oxygen atoms in total. The molecule has 7 rings (SSSR count). The van der Waals surface area contributed by atoms with Gasteiger partial charge in [0.2, 0.25) is 5.91 Å². The number of anilines is 1. The van der Waals surface area contributed by atoms with Crippen molar-refractivity contribution in [3.63, 3.8) is 0 Å². The molecule has 228 valence electrons. The first-order valence-electron chi connectivity index (χ1n) is 14.3. The van der Waals surface area contributed by atoms with Gasteiger partial charge in [0.1, 0.15) is 17.6 Å². The summed E-state index contributed by atoms with van der Waals surface area (Å²) in [5, 5.41) is 8.64. The van der Waals surface area contributed by atoms with E-state index in [2.05, 4.69) is 16.0 Å². The van der Waals surface area contributed by atoms with E-state index in [1.165, 1.54) is 7.11 Å². The first-order valence-corrected chi connectivity index (χ1v) is 14.3. The highest BCUT2D eigenvalue weighted by molar-refractivity contribution is 5.99. The van der Waals surface area contributed by atoms with Crippen LogP contribution >= 0.6 is 0 Å². The minimum atomic E-state index is -0.510. The van der Waals surface area contributed by atoms with Crippen LogP contribution in [-0.2, 0) is 27.3 Å². The normalized spacial score (nSPS) is 20.1. The number of carbonyl (C=O) groups is 4. The van der Waals surface area contributed by atoms with E-state index in [0.717, 1.165) is 11.1 Å². The van der Waals surface area contributed by atoms with Crippen LogP contribution in [0.2, 0.25) is 0 Å². The summed E-state index contributed by atoms with van der Waals surface area (Å²) < 4.78 is 22.9. The van der Waals surface area contributed by atoms with Gasteiger partial charge >= 0.3 is 0 Å². The Kier molecular flexibility index (Phi) is 8.22. The standard InChI is InChI=1S/C32H32N4O8/c1-41-25-10-4-19-5-11-29(37)35-24-15-36(32(40)21-6-9-23-26(13-21)42-18-31(39)34-23)16-28(24)44-22-7-2-20(3-8-22)14-33-30(38)17-43-27(25)12-19/h2-4,6-10,12-13,24,28H,5,11,14-18H2,1H3,(H,33,38)(H,34,39)(H,35,37)/t24-,28-/m0/s1. The molecule has 4 aliphatic heterocycles. The highest BCUT2D eigenvalue weighted by Gasteiger charge is 2.38. The molecule has 4 aliphatic rings. The molecule has 1 saturated heterocycles. The van der Waals surface area contributed by atoms with E-state index in [1.807, 2.05) is 18.2 Å². The van der Waals surface area contributed by atoms with Crippen LogP contribution in [-0.4, -0.2) is 74.1 Å². The van der Waals surface area contributed by atoms with Crippen molar-refractivity contribution >= 4 is 29.3 Å². The Balaban J connectivity index is 1.22. The number of methoxy groups -OCH3 is 1. The zero-order valence-corrected chi connectivity index (χ0v) is 24.1. The van der Waals surface area contributed by atoms with Crippen molar-refractivity contribution in [3.05, 3.63) is 77.4 Å². The summed E-state index contributed by atoms with van der Waals surface area (Å²) in [6.07, 6.45) is 0.0997. The number of nitrogens with zero attached hydrogens (tertiary/aromatic N) is 1. The third kappa shape index (κ3) is 6.54. The van der Waals surface area contributed by atoms with Gasteiger partial charge in [-0.25, -0.2) is 0 Å². The summed E-state index contributed by atoms with van der Waals surface area (Å²) in [6, 6.07) is 17.0. The maximum absolute atomic E-state index is 13.6. The van der Waals surface area contributed by atoms with Gasteiger partial charge in [0.05, 0.1) is 25.4 Å². The molecule has 0 saturated carbocycles. The molecule has 4 heterocycles. The van der Waals surface area contributed by atoms with Crippen molar-refractivity contribution in [3.8, 4) is 23.0 Å². The molecule has 2 atom stereocenters. The fourth-order valence-corrected chi connectivity index (χ4v) is 5.37. The lowest BCUT2D eigenvalue weighted by Gasteiger charge is -2.21. The molecule has 44 heavy (non-hydrogen) atoms. The topological polar surface area (TPSA) is 145 Å². The molecular weight excluding hydrogens is 568 g/mol. The van der Waals surface area contributed by atoms with Crippen LogP contribution in [0.1, 0.15) is 27.9 Å². The third-order valence-electron chi connectivity index (χ3n) is 7.69. The summed E-state index contributed by atoms with van der Waals surface area (Å²) in [6.45, 7) is 0.492. The Hall–Kier alpha value is -5.26. The predicted molar refractivity (Wildman–Crippen MR) is 158 cm³/mol. The molecule has 0 spiro atoms. The van der Waals surface area contributed by atoms with Crippen LogP contribution in [0, 0.1) is 0 Å². The average molecular weight is 601 g/mol. The number of fused-ring (bicyclic) bond motifs is 10. The predicted octanol–water partition coefficient (Wildman–Crippen LogP) is 2.06. The fourth-order valence-electron chi connectivity index (χ4n) is 5.37. The number of benzene rings is 3. The Labute approximate surface area is 253 Å². The number of hydrogen-bond donors (Lipinski definition) is 3. The molecular formula is C32H32N4O8. The number of likely N-dealkylation sites (tertiary alicyclic amines) is 1. The fraction of sp³-hybridized carbons (Fsp3) is 0.312. The lowest BCUT2D eigenvalue weighted by atomic mass is 10.1. The highest BCUT2D eigenvalue weighted by Crippen LogP contribution is 2.31. The Bertz CT molecular complexity index is 1590. The highest BCUT2D eigenvalue weighted by atomic mass is 16.5. The molecule has 3 aromatic carbocycles. The monoisotopic (exact) mass is 600 g/mol. The van der Waals surface area contributed by atoms with Gasteiger partial charge in [-0.1, -0.05) is 18.2 Å². The second-order valence-corrected chi connectivity index (χ2v) is 10.8. The van der Waals surface area contributed by atoms with Gasteiger partial charge in [-0.15, -0.1) is 0 Å². The van der Waals surface area contributed by atoms with Crippen LogP contribution in [0.25, 0.3) is 0 Å². The van der Waals surface area contributed by atoms with Crippen LogP contribution in [0.5, 0.6) is 23.0 Å². The van der Waals surface area contributed by atoms with Gasteiger partial charge in [-0.3, -0.25) is 19.2 Å². The quantitative estimate of drug-likeness (QED) is 0.406. The summed E-state index contributed by atoms with van der Waals surface area (Å²) in [5.74, 6) is 0.915. The maximum atomic E-state index is 13.6. The molecule has 3 N–H and O–H groups in total. The van der Waals surface area contributed by atoms with E-state index in [0.29, 0.717) is 47.2 Å². The minimum absolute atomic E-state index is 0.117. The number of aryl methyl sites for hydroxylation is 1. The van der Waals surface area contributed by atoms with Crippen molar-refractivity contribution in [2.45, 2.75) is 31.5 Å². The van der Waals surface area contributed by atoms with E-state index in [1.54, 1.807) is 47.4 Å². The van der Waals surface area contributed by atoms with Crippen LogP contribution in [0.3, 0.4) is 0 Å². The summed E-state index contributed by atoms with van der Waals surface area (Å²) >= 11 is 0. The minimum Gasteiger partial charge on any atom is -0.493 e. The van der Waals surface area contributed by atoms with Gasteiger partial charge in [0.25, 0.3) is 17.7 Å². The van der Waals surface area contributed by atoms with Crippen LogP contribution in [0.4, 0.5) is 5.69 Å². The Morgan fingerprint density at radius 1 is 0.841 bits per heavy atom. The smallest absolute Gasteiger partial charge is 0.262 e. The van der Waals surface area contributed by atoms with E-state index < -0.39 is 12.1 Å². The molecule has 12 heteroatoms. The van der Waals surface area contributed by atoms with Crippen molar-refractivity contribution in [2.75, 3.05) is 38.7 Å². The Morgan fingerprint density at radius 2 is 1.61 bits per heavy atom. The van der Waals surface area contributed by atoms with E-state index in [9.17, 15) is 19.2 Å². The van der Waals surface area contributed by atoms with Crippen molar-refractivity contribution in [1.29, 1.82) is 0 Å². The molecule has 4 bridgehead atoms. The number of rotatable bonds is 2. The molecule has 4 amide bonds. The number of ether oxygens (including phenoxy) is 4. The number of amides is 4. The first-order chi connectivity index (χ1) is 21.3. The molecule has 3 aromatic rings. The number of hydrogen-bond acceptors (Lipinski definition) is 8. The van der Waals surface area contributed by atoms with E-state index >= 15 is 0 Å². The molecule has 0 aromatic heterocycles. The lowest BCUT2D eigenvalue weighted by Crippen LogP contribution is -2.45. The molecule has 0 aliphatic carbocycles. The van der Waals surface area contributed by atoms with Crippen LogP contribution < -0.4 is 34.9 Å². The molecule has 0 radical (unpaired) electrons. The average Bonchev–Trinajstić information content (AvgIpc) is 3.42. The van der Waals surface area contributed by atoms with Gasteiger partial charge in [-0.2, -0.15) is 0 Å². The van der Waals surface area contributed by atoms with Gasteiger partial charge < -0.3 is 39.8 Å². The largest absolute Gasteiger partial charge is 0.493 e.